The summed E-state index contributed by atoms with van der Waals surface area (Å²) in [6.07, 6.45) is 14.7. The maximum absolute atomic E-state index is 13.0. The highest BCUT2D eigenvalue weighted by Gasteiger charge is 2.39. The number of aliphatic hydroxyl groups excluding tert-OH is 1. The number of nitrogens with one attached hydrogen (secondary N) is 2. The van der Waals surface area contributed by atoms with Crippen molar-refractivity contribution >= 4 is 11.7 Å². The third kappa shape index (κ3) is 15.1. The van der Waals surface area contributed by atoms with E-state index in [1.807, 2.05) is 84.9 Å². The summed E-state index contributed by atoms with van der Waals surface area (Å²) in [5, 5.41) is 15.7. The molecule has 5 aromatic carbocycles. The van der Waals surface area contributed by atoms with Crippen LogP contribution in [0.15, 0.2) is 127 Å². The molecule has 3 N–H and O–H groups in total. The van der Waals surface area contributed by atoms with Crippen molar-refractivity contribution in [2.45, 2.75) is 129 Å². The van der Waals surface area contributed by atoms with E-state index >= 15 is 0 Å². The normalized spacial score (nSPS) is 17.4. The van der Waals surface area contributed by atoms with Gasteiger partial charge in [-0.15, -0.1) is 0 Å². The van der Waals surface area contributed by atoms with E-state index in [-0.39, 0.29) is 30.8 Å². The van der Waals surface area contributed by atoms with E-state index in [0.717, 1.165) is 58.8 Å². The van der Waals surface area contributed by atoms with Crippen LogP contribution in [0, 0.1) is 5.92 Å². The van der Waals surface area contributed by atoms with Gasteiger partial charge in [0.2, 0.25) is 0 Å². The number of amides is 2. The summed E-state index contributed by atoms with van der Waals surface area (Å²) in [7, 11) is 0. The zero-order valence-corrected chi connectivity index (χ0v) is 38.0. The predicted octanol–water partition coefficient (Wildman–Crippen LogP) is 13.8. The smallest absolute Gasteiger partial charge is 0.319 e. The van der Waals surface area contributed by atoms with E-state index < -0.39 is 6.29 Å². The quantitative estimate of drug-likeness (QED) is 0.0507. The largest absolute Gasteiger partial charge is 0.457 e. The number of benzene rings is 5. The molecule has 1 fully saturated rings. The number of carbonyl (C=O) groups excluding carboxylic acids is 1. The second kappa shape index (κ2) is 26.0. The van der Waals surface area contributed by atoms with E-state index in [9.17, 15) is 9.90 Å². The molecule has 1 heterocycles. The van der Waals surface area contributed by atoms with Crippen LogP contribution in [0.5, 0.6) is 11.5 Å². The molecule has 63 heavy (non-hydrogen) atoms. The molecule has 0 radical (unpaired) electrons. The van der Waals surface area contributed by atoms with Crippen LogP contribution in [0.2, 0.25) is 0 Å². The Morgan fingerprint density at radius 3 is 1.89 bits per heavy atom. The summed E-state index contributed by atoms with van der Waals surface area (Å²) in [6, 6.07) is 41.5. The number of nitrogens with zero attached hydrogens (tertiary/aromatic N) is 1. The highest BCUT2D eigenvalue weighted by Crippen LogP contribution is 2.42. The number of rotatable bonds is 25. The van der Waals surface area contributed by atoms with Crippen LogP contribution in [0.1, 0.15) is 132 Å². The summed E-state index contributed by atoms with van der Waals surface area (Å²) in [5.41, 5.74) is 6.75. The highest BCUT2D eigenvalue weighted by molar-refractivity contribution is 5.89. The number of hydrogen-bond acceptors (Lipinski definition) is 6. The first-order valence-corrected chi connectivity index (χ1v) is 23.7. The van der Waals surface area contributed by atoms with E-state index in [1.165, 1.54) is 77.0 Å². The number of urea groups is 1. The fourth-order valence-corrected chi connectivity index (χ4v) is 8.47. The van der Waals surface area contributed by atoms with Crippen LogP contribution in [0.25, 0.3) is 11.1 Å². The third-order valence-corrected chi connectivity index (χ3v) is 12.3. The Labute approximate surface area is 377 Å². The van der Waals surface area contributed by atoms with Crippen LogP contribution in [-0.2, 0) is 22.6 Å². The van der Waals surface area contributed by atoms with E-state index in [4.69, 9.17) is 14.2 Å². The molecule has 4 atom stereocenters. The van der Waals surface area contributed by atoms with E-state index in [1.54, 1.807) is 0 Å². The van der Waals surface area contributed by atoms with Crippen LogP contribution in [-0.4, -0.2) is 41.8 Å². The van der Waals surface area contributed by atoms with Gasteiger partial charge in [-0.1, -0.05) is 176 Å². The lowest BCUT2D eigenvalue weighted by atomic mass is 9.89. The maximum Gasteiger partial charge on any atom is 0.319 e. The first-order chi connectivity index (χ1) is 30.9. The average molecular weight is 854 g/mol. The lowest BCUT2D eigenvalue weighted by Crippen LogP contribution is -2.45. The zero-order chi connectivity index (χ0) is 44.1. The minimum Gasteiger partial charge on any atom is -0.457 e. The van der Waals surface area contributed by atoms with Crippen LogP contribution in [0.3, 0.4) is 0 Å². The van der Waals surface area contributed by atoms with Gasteiger partial charge in [-0.05, 0) is 90.1 Å². The molecule has 1 saturated heterocycles. The zero-order valence-electron chi connectivity index (χ0n) is 38.0. The molecule has 0 aliphatic carbocycles. The highest BCUT2D eigenvalue weighted by atomic mass is 16.7. The third-order valence-electron chi connectivity index (χ3n) is 12.3. The minimum absolute atomic E-state index is 0.0147. The molecule has 6 rings (SSSR count). The van der Waals surface area contributed by atoms with Gasteiger partial charge >= 0.3 is 6.03 Å². The van der Waals surface area contributed by atoms with Crippen LogP contribution in [0.4, 0.5) is 10.5 Å². The van der Waals surface area contributed by atoms with Crippen molar-refractivity contribution in [2.24, 2.45) is 5.92 Å². The Morgan fingerprint density at radius 2 is 1.24 bits per heavy atom. The number of hydrogen-bond donors (Lipinski definition) is 3. The second-order valence-corrected chi connectivity index (χ2v) is 17.2. The molecule has 1 aliphatic heterocycles. The van der Waals surface area contributed by atoms with E-state index in [2.05, 4.69) is 78.8 Å². The molecular formula is C55H71N3O5. The molecule has 0 aromatic heterocycles. The molecule has 1 aliphatic rings. The van der Waals surface area contributed by atoms with Gasteiger partial charge in [0.25, 0.3) is 0 Å². The fourth-order valence-electron chi connectivity index (χ4n) is 8.47. The van der Waals surface area contributed by atoms with Crippen LogP contribution >= 0.6 is 0 Å². The van der Waals surface area contributed by atoms with Crippen molar-refractivity contribution in [1.29, 1.82) is 0 Å². The Balaban J connectivity index is 1.12. The van der Waals surface area contributed by atoms with Gasteiger partial charge in [-0.2, -0.15) is 0 Å². The summed E-state index contributed by atoms with van der Waals surface area (Å²) >= 11 is 0. The summed E-state index contributed by atoms with van der Waals surface area (Å²) in [5.74, 6) is 1.58. The Kier molecular flexibility index (Phi) is 19.6. The number of anilines is 1. The second-order valence-electron chi connectivity index (χ2n) is 17.2. The summed E-state index contributed by atoms with van der Waals surface area (Å²) < 4.78 is 19.8. The van der Waals surface area contributed by atoms with Gasteiger partial charge in [-0.3, -0.25) is 0 Å². The minimum atomic E-state index is -0.535. The van der Waals surface area contributed by atoms with Gasteiger partial charge in [0, 0.05) is 30.3 Å². The molecule has 8 nitrogen and oxygen atoms in total. The first-order valence-electron chi connectivity index (χ1n) is 23.7. The van der Waals surface area contributed by atoms with Gasteiger partial charge in [0.15, 0.2) is 6.29 Å². The first kappa shape index (κ1) is 47.5. The number of ether oxygens (including phenoxy) is 3. The molecule has 8 heteroatoms. The molecule has 0 saturated carbocycles. The van der Waals surface area contributed by atoms with Crippen LogP contribution < -0.4 is 15.4 Å². The number of unbranched alkanes of at least 4 members (excludes halogenated alkanes) is 10. The van der Waals surface area contributed by atoms with Gasteiger partial charge in [0.1, 0.15) is 11.5 Å². The van der Waals surface area contributed by atoms with Gasteiger partial charge < -0.3 is 34.9 Å². The molecule has 2 amide bonds. The summed E-state index contributed by atoms with van der Waals surface area (Å²) in [6.45, 7) is 10.3. The van der Waals surface area contributed by atoms with Gasteiger partial charge in [0.05, 0.1) is 18.8 Å². The van der Waals surface area contributed by atoms with Crippen molar-refractivity contribution in [2.75, 3.05) is 25.0 Å². The molecule has 0 bridgehead atoms. The van der Waals surface area contributed by atoms with Crippen molar-refractivity contribution in [3.05, 3.63) is 150 Å². The molecule has 0 unspecified atom stereocenters. The Morgan fingerprint density at radius 1 is 0.651 bits per heavy atom. The molecular weight excluding hydrogens is 783 g/mol. The lowest BCUT2D eigenvalue weighted by molar-refractivity contribution is -0.276. The predicted molar refractivity (Wildman–Crippen MR) is 257 cm³/mol. The molecule has 0 spiro atoms. The number of aliphatic hydroxyl groups is 1. The van der Waals surface area contributed by atoms with E-state index in [0.29, 0.717) is 18.0 Å². The Bertz CT molecular complexity index is 2020. The maximum atomic E-state index is 13.0. The standard InChI is InChI=1S/C55H71N3O5/c1-4-6-8-10-12-19-37-58(38-20-13-11-9-7-5-2)40-52-42(3)53(45-27-25-43(41-59)26-28-45)63-54(62-52)46-31-29-44(30-32-46)51-24-18-17-21-47(51)39-56-55(60)57-48-33-35-50(36-34-48)61-49-22-15-14-16-23-49/h14-18,21-36,42,52-54,59H,4-13,19-20,37-41H2,1-3H3,(H2,56,57,60)/t42-,52+,53+,54+/m1/s1. The van der Waals surface area contributed by atoms with Gasteiger partial charge in [-0.25, -0.2) is 4.79 Å². The summed E-state index contributed by atoms with van der Waals surface area (Å²) in [4.78, 5) is 15.7. The lowest BCUT2D eigenvalue weighted by Gasteiger charge is -2.43. The van der Waals surface area contributed by atoms with Crippen molar-refractivity contribution in [3.63, 3.8) is 0 Å². The molecule has 336 valence electrons. The number of carbonyl (C=O) groups is 1. The topological polar surface area (TPSA) is 92.3 Å². The van der Waals surface area contributed by atoms with Crippen molar-refractivity contribution in [1.82, 2.24) is 10.2 Å². The fraction of sp³-hybridized carbons (Fsp3) is 0.436. The van der Waals surface area contributed by atoms with Crippen molar-refractivity contribution < 1.29 is 24.1 Å². The van der Waals surface area contributed by atoms with Crippen molar-refractivity contribution in [3.8, 4) is 22.6 Å². The molecule has 5 aromatic rings. The Hall–Kier alpha value is -4.99. The average Bonchev–Trinajstić information content (AvgIpc) is 3.32. The number of para-hydroxylation sites is 1. The monoisotopic (exact) mass is 854 g/mol. The SMILES string of the molecule is CCCCCCCCN(CCCCCCCC)C[C@@H]1O[C@H](c2ccc(-c3ccccc3CNC(=O)Nc3ccc(Oc4ccccc4)cc3)cc2)O[C@H](c2ccc(CO)cc2)[C@@H]1C.